The predicted molar refractivity (Wildman–Crippen MR) is 74.2 cm³/mol. The number of rotatable bonds is 4. The number of hydrogen-bond acceptors (Lipinski definition) is 6. The lowest BCUT2D eigenvalue weighted by molar-refractivity contribution is 0.0345. The van der Waals surface area contributed by atoms with E-state index in [-0.39, 0.29) is 0 Å². The Balaban J connectivity index is 1.86. The van der Waals surface area contributed by atoms with Gasteiger partial charge in [-0.2, -0.15) is 4.37 Å². The molecule has 1 aromatic heterocycles. The van der Waals surface area contributed by atoms with E-state index in [2.05, 4.69) is 26.1 Å². The van der Waals surface area contributed by atoms with E-state index in [1.54, 1.807) is 0 Å². The van der Waals surface area contributed by atoms with Crippen LogP contribution in [0.4, 0.5) is 5.13 Å². The first-order valence-corrected chi connectivity index (χ1v) is 7.27. The molecular weight excluding hydrogens is 248 g/mol. The average molecular weight is 270 g/mol. The summed E-state index contributed by atoms with van der Waals surface area (Å²) >= 11 is 1.49. The van der Waals surface area contributed by atoms with Crippen molar-refractivity contribution in [2.24, 2.45) is 0 Å². The van der Waals surface area contributed by atoms with E-state index in [4.69, 9.17) is 0 Å². The molecule has 0 aliphatic carbocycles. The molecule has 1 aromatic rings. The summed E-state index contributed by atoms with van der Waals surface area (Å²) in [5.74, 6) is 0.939. The van der Waals surface area contributed by atoms with Gasteiger partial charge in [-0.1, -0.05) is 6.92 Å². The lowest BCUT2D eigenvalue weighted by Crippen LogP contribution is -2.50. The number of nitrogens with zero attached hydrogens (tertiary/aromatic N) is 4. The van der Waals surface area contributed by atoms with E-state index >= 15 is 0 Å². The number of anilines is 1. The van der Waals surface area contributed by atoms with Crippen LogP contribution in [-0.2, 0) is 6.42 Å². The van der Waals surface area contributed by atoms with E-state index in [0.29, 0.717) is 0 Å². The van der Waals surface area contributed by atoms with Crippen molar-refractivity contribution in [3.8, 4) is 0 Å². The fourth-order valence-electron chi connectivity index (χ4n) is 2.16. The minimum absolute atomic E-state index is 0.611. The molecule has 2 rings (SSSR count). The molecule has 0 spiro atoms. The molecule has 0 unspecified atom stereocenters. The van der Waals surface area contributed by atoms with Crippen molar-refractivity contribution in [1.29, 1.82) is 0 Å². The van der Waals surface area contributed by atoms with E-state index in [1.165, 1.54) is 11.5 Å². The van der Waals surface area contributed by atoms with Crippen molar-refractivity contribution >= 4 is 16.7 Å². The van der Waals surface area contributed by atoms with Gasteiger partial charge in [0.2, 0.25) is 5.13 Å². The highest BCUT2D eigenvalue weighted by Gasteiger charge is 2.24. The second-order valence-electron chi connectivity index (χ2n) is 5.42. The topological polar surface area (TPSA) is 52.5 Å². The van der Waals surface area contributed by atoms with Crippen LogP contribution in [0.15, 0.2) is 0 Å². The van der Waals surface area contributed by atoms with Crippen molar-refractivity contribution in [2.45, 2.75) is 32.8 Å². The highest BCUT2D eigenvalue weighted by molar-refractivity contribution is 7.09. The highest BCUT2D eigenvalue weighted by atomic mass is 32.1. The molecule has 1 aliphatic heterocycles. The third-order valence-corrected chi connectivity index (χ3v) is 3.84. The summed E-state index contributed by atoms with van der Waals surface area (Å²) in [5, 5.41) is 10.8. The van der Waals surface area contributed by atoms with E-state index < -0.39 is 5.60 Å². The second kappa shape index (κ2) is 5.50. The lowest BCUT2D eigenvalue weighted by Gasteiger charge is -2.36. The average Bonchev–Trinajstić information content (AvgIpc) is 2.76. The molecule has 1 saturated heterocycles. The van der Waals surface area contributed by atoms with Crippen LogP contribution in [0.2, 0.25) is 0 Å². The van der Waals surface area contributed by atoms with Gasteiger partial charge in [0, 0.05) is 50.7 Å². The normalized spacial score (nSPS) is 18.3. The smallest absolute Gasteiger partial charge is 0.205 e. The Morgan fingerprint density at radius 1 is 1.28 bits per heavy atom. The summed E-state index contributed by atoms with van der Waals surface area (Å²) in [6, 6.07) is 0. The number of aromatic nitrogens is 2. The number of hydrogen-bond donors (Lipinski definition) is 1. The number of aliphatic hydroxyl groups is 1. The molecule has 1 aliphatic rings. The van der Waals surface area contributed by atoms with Gasteiger partial charge in [-0.05, 0) is 13.8 Å². The van der Waals surface area contributed by atoms with Gasteiger partial charge in [0.1, 0.15) is 5.82 Å². The molecule has 0 atom stereocenters. The molecule has 2 heterocycles. The second-order valence-corrected chi connectivity index (χ2v) is 6.15. The van der Waals surface area contributed by atoms with Gasteiger partial charge >= 0.3 is 0 Å². The van der Waals surface area contributed by atoms with Crippen molar-refractivity contribution in [3.05, 3.63) is 5.82 Å². The van der Waals surface area contributed by atoms with Crippen LogP contribution in [0.5, 0.6) is 0 Å². The molecule has 0 aromatic carbocycles. The van der Waals surface area contributed by atoms with Crippen molar-refractivity contribution in [3.63, 3.8) is 0 Å². The van der Waals surface area contributed by atoms with Crippen molar-refractivity contribution in [2.75, 3.05) is 37.6 Å². The predicted octanol–water partition coefficient (Wildman–Crippen LogP) is 0.993. The Morgan fingerprint density at radius 2 is 1.94 bits per heavy atom. The molecule has 5 nitrogen and oxygen atoms in total. The zero-order valence-electron chi connectivity index (χ0n) is 11.4. The van der Waals surface area contributed by atoms with E-state index in [9.17, 15) is 5.11 Å². The Bertz CT molecular complexity index is 380. The molecule has 6 heteroatoms. The van der Waals surface area contributed by atoms with Crippen molar-refractivity contribution in [1.82, 2.24) is 14.3 Å². The Labute approximate surface area is 113 Å². The van der Waals surface area contributed by atoms with Gasteiger partial charge in [-0.15, -0.1) is 0 Å². The van der Waals surface area contributed by atoms with Crippen LogP contribution < -0.4 is 4.90 Å². The maximum atomic E-state index is 9.81. The third kappa shape index (κ3) is 3.63. The van der Waals surface area contributed by atoms with Gasteiger partial charge < -0.3 is 10.0 Å². The standard InChI is InChI=1S/C12H22N4OS/c1-4-10-13-11(18-14-10)16-7-5-15(6-8-16)9-12(2,3)17/h17H,4-9H2,1-3H3. The van der Waals surface area contributed by atoms with E-state index in [0.717, 1.165) is 50.1 Å². The van der Waals surface area contributed by atoms with Crippen LogP contribution in [0.3, 0.4) is 0 Å². The lowest BCUT2D eigenvalue weighted by atomic mass is 10.1. The van der Waals surface area contributed by atoms with Gasteiger partial charge in [0.25, 0.3) is 0 Å². The van der Waals surface area contributed by atoms with Gasteiger partial charge in [-0.25, -0.2) is 4.98 Å². The Kier molecular flexibility index (Phi) is 4.19. The quantitative estimate of drug-likeness (QED) is 0.884. The summed E-state index contributed by atoms with van der Waals surface area (Å²) in [6.07, 6.45) is 0.898. The minimum atomic E-state index is -0.611. The summed E-state index contributed by atoms with van der Waals surface area (Å²) in [6.45, 7) is 10.4. The summed E-state index contributed by atoms with van der Waals surface area (Å²) in [5.41, 5.74) is -0.611. The third-order valence-electron chi connectivity index (χ3n) is 3.03. The molecule has 18 heavy (non-hydrogen) atoms. The molecule has 1 fully saturated rings. The minimum Gasteiger partial charge on any atom is -0.389 e. The SMILES string of the molecule is CCc1nsc(N2CCN(CC(C)(C)O)CC2)n1. The molecule has 0 saturated carbocycles. The molecular formula is C12H22N4OS. The van der Waals surface area contributed by atoms with Gasteiger partial charge in [0.15, 0.2) is 0 Å². The van der Waals surface area contributed by atoms with Crippen LogP contribution in [-0.4, -0.2) is 57.7 Å². The molecule has 0 radical (unpaired) electrons. The number of aryl methyl sites for hydroxylation is 1. The Morgan fingerprint density at radius 3 is 2.44 bits per heavy atom. The highest BCUT2D eigenvalue weighted by Crippen LogP contribution is 2.19. The fraction of sp³-hybridized carbons (Fsp3) is 0.833. The van der Waals surface area contributed by atoms with E-state index in [1.807, 2.05) is 13.8 Å². The maximum Gasteiger partial charge on any atom is 0.205 e. The Hall–Kier alpha value is -0.720. The molecule has 102 valence electrons. The largest absolute Gasteiger partial charge is 0.389 e. The maximum absolute atomic E-state index is 9.81. The fourth-order valence-corrected chi connectivity index (χ4v) is 2.96. The van der Waals surface area contributed by atoms with Crippen LogP contribution >= 0.6 is 11.5 Å². The molecule has 0 bridgehead atoms. The van der Waals surface area contributed by atoms with Crippen LogP contribution in [0, 0.1) is 0 Å². The van der Waals surface area contributed by atoms with Crippen LogP contribution in [0.25, 0.3) is 0 Å². The first-order chi connectivity index (χ1) is 8.48. The first kappa shape index (κ1) is 13.7. The monoisotopic (exact) mass is 270 g/mol. The summed E-state index contributed by atoms with van der Waals surface area (Å²) < 4.78 is 4.32. The summed E-state index contributed by atoms with van der Waals surface area (Å²) in [4.78, 5) is 9.11. The number of piperazine rings is 1. The molecule has 0 amide bonds. The van der Waals surface area contributed by atoms with Gasteiger partial charge in [-0.3, -0.25) is 4.90 Å². The van der Waals surface area contributed by atoms with Gasteiger partial charge in [0.05, 0.1) is 5.60 Å². The molecule has 1 N–H and O–H groups in total. The zero-order valence-corrected chi connectivity index (χ0v) is 12.2. The van der Waals surface area contributed by atoms with Crippen molar-refractivity contribution < 1.29 is 5.11 Å². The number of β-amino-alcohol motifs (C(OH)–C–C–N with tert-alkyl or cyclic N) is 1. The first-order valence-electron chi connectivity index (χ1n) is 6.50. The summed E-state index contributed by atoms with van der Waals surface area (Å²) in [7, 11) is 0. The van der Waals surface area contributed by atoms with Crippen LogP contribution in [0.1, 0.15) is 26.6 Å². The zero-order chi connectivity index (χ0) is 13.2.